The molecule has 1 heterocycles. The molecule has 162 valence electrons. The van der Waals surface area contributed by atoms with Crippen LogP contribution in [0, 0.1) is 6.92 Å². The molecule has 1 aromatic rings. The van der Waals surface area contributed by atoms with Crippen LogP contribution >= 0.6 is 0 Å². The summed E-state index contributed by atoms with van der Waals surface area (Å²) in [5, 5.41) is 0. The van der Waals surface area contributed by atoms with Crippen LogP contribution in [0.15, 0.2) is 29.2 Å². The molecule has 0 aromatic heterocycles. The number of rotatable bonds is 8. The molecule has 1 aliphatic heterocycles. The van der Waals surface area contributed by atoms with E-state index in [1.54, 1.807) is 12.1 Å². The predicted octanol–water partition coefficient (Wildman–Crippen LogP) is 0.241. The maximum Gasteiger partial charge on any atom is 0.307 e. The largest absolute Gasteiger partial charge is 0.452 e. The number of amides is 1. The van der Waals surface area contributed by atoms with Crippen LogP contribution in [0.2, 0.25) is 0 Å². The Kier molecular flexibility index (Phi) is 7.41. The van der Waals surface area contributed by atoms with Crippen LogP contribution in [0.4, 0.5) is 0 Å². The fraction of sp³-hybridized carbons (Fsp3) is 0.556. The number of hydrogen-bond acceptors (Lipinski definition) is 7. The van der Waals surface area contributed by atoms with E-state index in [1.165, 1.54) is 31.0 Å². The minimum Gasteiger partial charge on any atom is -0.452 e. The molecule has 2 unspecified atom stereocenters. The highest BCUT2D eigenvalue weighted by Crippen LogP contribution is 2.18. The van der Waals surface area contributed by atoms with Crippen molar-refractivity contribution in [1.82, 2.24) is 9.62 Å². The van der Waals surface area contributed by atoms with E-state index < -0.39 is 43.9 Å². The first-order valence-corrected chi connectivity index (χ1v) is 12.4. The van der Waals surface area contributed by atoms with Crippen molar-refractivity contribution >= 4 is 31.7 Å². The Morgan fingerprint density at radius 3 is 2.45 bits per heavy atom. The van der Waals surface area contributed by atoms with Crippen molar-refractivity contribution < 1.29 is 31.2 Å². The van der Waals surface area contributed by atoms with Crippen LogP contribution in [0.1, 0.15) is 25.3 Å². The van der Waals surface area contributed by atoms with Crippen molar-refractivity contribution in [1.29, 1.82) is 0 Å². The van der Waals surface area contributed by atoms with E-state index in [0.717, 1.165) is 5.56 Å². The molecule has 0 aliphatic carbocycles. The summed E-state index contributed by atoms with van der Waals surface area (Å²) in [5.41, 5.74) is 0.923. The average Bonchev–Trinajstić information content (AvgIpc) is 3.00. The Labute approximate surface area is 171 Å². The van der Waals surface area contributed by atoms with Crippen molar-refractivity contribution in [3.05, 3.63) is 29.8 Å². The number of esters is 1. The average molecular weight is 447 g/mol. The van der Waals surface area contributed by atoms with Crippen molar-refractivity contribution in [3.8, 4) is 0 Å². The molecule has 1 fully saturated rings. The lowest BCUT2D eigenvalue weighted by molar-refractivity contribution is -0.159. The Balaban J connectivity index is 1.81. The first-order valence-electron chi connectivity index (χ1n) is 9.14. The molecule has 0 saturated carbocycles. The Morgan fingerprint density at radius 1 is 1.28 bits per heavy atom. The van der Waals surface area contributed by atoms with Crippen LogP contribution in [0.3, 0.4) is 0 Å². The molecule has 1 aromatic carbocycles. The summed E-state index contributed by atoms with van der Waals surface area (Å²) in [4.78, 5) is 25.7. The molecule has 0 radical (unpaired) electrons. The van der Waals surface area contributed by atoms with E-state index in [9.17, 15) is 26.4 Å². The second-order valence-corrected chi connectivity index (χ2v) is 11.1. The van der Waals surface area contributed by atoms with Gasteiger partial charge in [0.2, 0.25) is 10.0 Å². The third-order valence-corrected chi connectivity index (χ3v) is 7.94. The second kappa shape index (κ2) is 9.23. The lowest BCUT2D eigenvalue weighted by Crippen LogP contribution is -2.44. The first-order chi connectivity index (χ1) is 13.4. The molecule has 0 bridgehead atoms. The molecule has 1 amide bonds. The van der Waals surface area contributed by atoms with E-state index in [2.05, 4.69) is 4.72 Å². The van der Waals surface area contributed by atoms with Gasteiger partial charge in [-0.2, -0.15) is 0 Å². The number of aryl methyl sites for hydroxylation is 1. The zero-order valence-corrected chi connectivity index (χ0v) is 18.3. The zero-order chi connectivity index (χ0) is 21.8. The van der Waals surface area contributed by atoms with Gasteiger partial charge in [-0.15, -0.1) is 0 Å². The summed E-state index contributed by atoms with van der Waals surface area (Å²) in [6, 6.07) is 5.84. The van der Waals surface area contributed by atoms with E-state index in [-0.39, 0.29) is 29.4 Å². The molecule has 11 heteroatoms. The van der Waals surface area contributed by atoms with Gasteiger partial charge in [0.25, 0.3) is 5.91 Å². The SMILES string of the molecule is Cc1ccc(S(=O)(=O)NCCC(=O)OC(C)C(=O)N(C)C2CCS(=O)(=O)C2)cc1. The van der Waals surface area contributed by atoms with Gasteiger partial charge in [-0.05, 0) is 32.4 Å². The number of likely N-dealkylation sites (N-methyl/N-ethyl adjacent to an activating group) is 1. The van der Waals surface area contributed by atoms with Gasteiger partial charge in [0, 0.05) is 19.6 Å². The fourth-order valence-corrected chi connectivity index (χ4v) is 5.75. The minimum absolute atomic E-state index is 0.0323. The number of sulfone groups is 1. The second-order valence-electron chi connectivity index (χ2n) is 7.10. The highest BCUT2D eigenvalue weighted by molar-refractivity contribution is 7.91. The molecule has 1 aliphatic rings. The highest BCUT2D eigenvalue weighted by atomic mass is 32.2. The first kappa shape index (κ1) is 23.3. The molecule has 9 nitrogen and oxygen atoms in total. The summed E-state index contributed by atoms with van der Waals surface area (Å²) in [6.45, 7) is 3.06. The molecule has 1 N–H and O–H groups in total. The maximum atomic E-state index is 12.4. The molecular formula is C18H26N2O7S2. The highest BCUT2D eigenvalue weighted by Gasteiger charge is 2.34. The molecule has 2 rings (SSSR count). The normalized spacial score (nSPS) is 19.5. The minimum atomic E-state index is -3.74. The lowest BCUT2D eigenvalue weighted by Gasteiger charge is -2.26. The number of carbonyl (C=O) groups excluding carboxylic acids is 2. The third-order valence-electron chi connectivity index (χ3n) is 4.71. The number of nitrogens with one attached hydrogen (secondary N) is 1. The number of carbonyl (C=O) groups is 2. The number of hydrogen-bond donors (Lipinski definition) is 1. The van der Waals surface area contributed by atoms with Crippen LogP contribution in [-0.2, 0) is 34.2 Å². The fourth-order valence-electron chi connectivity index (χ4n) is 2.94. The van der Waals surface area contributed by atoms with Crippen LogP contribution in [0.5, 0.6) is 0 Å². The standard InChI is InChI=1S/C18H26N2O7S2/c1-13-4-6-16(7-5-13)29(25,26)19-10-8-17(21)27-14(2)18(22)20(3)15-9-11-28(23,24)12-15/h4-7,14-15,19H,8-12H2,1-3H3. The molecular weight excluding hydrogens is 420 g/mol. The molecule has 0 spiro atoms. The van der Waals surface area contributed by atoms with Crippen LogP contribution in [-0.4, -0.2) is 70.9 Å². The topological polar surface area (TPSA) is 127 Å². The van der Waals surface area contributed by atoms with Crippen LogP contribution < -0.4 is 4.72 Å². The van der Waals surface area contributed by atoms with E-state index in [1.807, 2.05) is 6.92 Å². The number of nitrogens with zero attached hydrogens (tertiary/aromatic N) is 1. The molecule has 2 atom stereocenters. The maximum absolute atomic E-state index is 12.4. The van der Waals surface area contributed by atoms with Gasteiger partial charge in [0.15, 0.2) is 15.9 Å². The number of ether oxygens (including phenoxy) is 1. The van der Waals surface area contributed by atoms with Gasteiger partial charge in [-0.25, -0.2) is 21.6 Å². The Bertz CT molecular complexity index is 956. The summed E-state index contributed by atoms with van der Waals surface area (Å²) in [6.07, 6.45) is -0.986. The Morgan fingerprint density at radius 2 is 1.90 bits per heavy atom. The monoisotopic (exact) mass is 446 g/mol. The van der Waals surface area contributed by atoms with Gasteiger partial charge < -0.3 is 9.64 Å². The van der Waals surface area contributed by atoms with Gasteiger partial charge in [-0.3, -0.25) is 9.59 Å². The van der Waals surface area contributed by atoms with Crippen LogP contribution in [0.25, 0.3) is 0 Å². The van der Waals surface area contributed by atoms with Crippen molar-refractivity contribution in [2.75, 3.05) is 25.1 Å². The smallest absolute Gasteiger partial charge is 0.307 e. The lowest BCUT2D eigenvalue weighted by atomic mass is 10.2. The van der Waals surface area contributed by atoms with E-state index in [0.29, 0.717) is 6.42 Å². The number of benzene rings is 1. The Hall–Kier alpha value is -1.98. The predicted molar refractivity (Wildman–Crippen MR) is 106 cm³/mol. The quantitative estimate of drug-likeness (QED) is 0.567. The zero-order valence-electron chi connectivity index (χ0n) is 16.6. The third kappa shape index (κ3) is 6.51. The van der Waals surface area contributed by atoms with Gasteiger partial charge in [-0.1, -0.05) is 17.7 Å². The van der Waals surface area contributed by atoms with Gasteiger partial charge in [0.05, 0.1) is 22.8 Å². The van der Waals surface area contributed by atoms with Crippen molar-refractivity contribution in [2.24, 2.45) is 0 Å². The summed E-state index contributed by atoms with van der Waals surface area (Å²) < 4.78 is 54.8. The summed E-state index contributed by atoms with van der Waals surface area (Å²) in [5.74, 6) is -1.30. The van der Waals surface area contributed by atoms with E-state index >= 15 is 0 Å². The summed E-state index contributed by atoms with van der Waals surface area (Å²) in [7, 11) is -5.40. The number of sulfonamides is 1. The molecule has 1 saturated heterocycles. The van der Waals surface area contributed by atoms with Gasteiger partial charge in [0.1, 0.15) is 0 Å². The van der Waals surface area contributed by atoms with Crippen molar-refractivity contribution in [3.63, 3.8) is 0 Å². The van der Waals surface area contributed by atoms with Crippen molar-refractivity contribution in [2.45, 2.75) is 43.7 Å². The molecule has 29 heavy (non-hydrogen) atoms. The van der Waals surface area contributed by atoms with Gasteiger partial charge >= 0.3 is 5.97 Å². The van der Waals surface area contributed by atoms with E-state index in [4.69, 9.17) is 4.74 Å². The summed E-state index contributed by atoms with van der Waals surface area (Å²) >= 11 is 0.